The molecule has 1 amide bonds. The Hall–Kier alpha value is -3.44. The quantitative estimate of drug-likeness (QED) is 0.291. The van der Waals surface area contributed by atoms with Gasteiger partial charge in [-0.1, -0.05) is 23.7 Å². The van der Waals surface area contributed by atoms with Crippen molar-refractivity contribution in [3.05, 3.63) is 81.1 Å². The van der Waals surface area contributed by atoms with Crippen LogP contribution >= 0.6 is 23.8 Å². The number of rotatable bonds is 4. The molecule has 1 heterocycles. The van der Waals surface area contributed by atoms with Crippen LogP contribution in [0.1, 0.15) is 16.1 Å². The third-order valence-electron chi connectivity index (χ3n) is 3.97. The van der Waals surface area contributed by atoms with Crippen molar-refractivity contribution < 1.29 is 27.3 Å². The zero-order valence-electron chi connectivity index (χ0n) is 15.2. The first-order valence-corrected chi connectivity index (χ1v) is 9.17. The zero-order chi connectivity index (χ0) is 22.8. The molecule has 0 fully saturated rings. The fourth-order valence-corrected chi connectivity index (χ4v) is 2.99. The summed E-state index contributed by atoms with van der Waals surface area (Å²) in [5.41, 5.74) is -0.891. The number of furan rings is 1. The van der Waals surface area contributed by atoms with Gasteiger partial charge in [0, 0.05) is 6.07 Å². The number of carbonyl (C=O) groups is 1. The number of hydrogen-bond acceptors (Lipinski definition) is 5. The van der Waals surface area contributed by atoms with E-state index in [1.807, 2.05) is 0 Å². The maximum Gasteiger partial charge on any atom is 0.416 e. The van der Waals surface area contributed by atoms with E-state index in [-0.39, 0.29) is 38.6 Å². The van der Waals surface area contributed by atoms with Crippen molar-refractivity contribution in [3.8, 4) is 11.3 Å². The summed E-state index contributed by atoms with van der Waals surface area (Å²) in [4.78, 5) is 22.9. The summed E-state index contributed by atoms with van der Waals surface area (Å²) in [5, 5.41) is 15.5. The number of benzene rings is 2. The van der Waals surface area contributed by atoms with Gasteiger partial charge in [0.2, 0.25) is 0 Å². The minimum atomic E-state index is -4.55. The summed E-state index contributed by atoms with van der Waals surface area (Å²) in [7, 11) is 0. The Morgan fingerprint density at radius 3 is 2.48 bits per heavy atom. The second-order valence-electron chi connectivity index (χ2n) is 6.04. The second-order valence-corrected chi connectivity index (χ2v) is 6.85. The molecule has 0 atom stereocenters. The molecule has 12 heteroatoms. The van der Waals surface area contributed by atoms with Crippen LogP contribution in [-0.4, -0.2) is 15.9 Å². The number of carbonyl (C=O) groups excluding carboxylic acids is 1. The predicted octanol–water partition coefficient (Wildman–Crippen LogP) is 5.65. The number of para-hydroxylation sites is 1. The Kier molecular flexibility index (Phi) is 6.27. The minimum Gasteiger partial charge on any atom is -0.451 e. The molecular formula is C19H11ClF3N3O4S. The maximum atomic E-state index is 12.7. The SMILES string of the molecule is O=C(NC(=S)Nc1ccc(C(F)(F)F)cc1Cl)c1ccc(-c2ccccc2[N+](=O)[O-])o1. The Balaban J connectivity index is 1.70. The lowest BCUT2D eigenvalue weighted by Gasteiger charge is -2.12. The number of amides is 1. The molecule has 0 saturated heterocycles. The van der Waals surface area contributed by atoms with Crippen molar-refractivity contribution in [2.24, 2.45) is 0 Å². The van der Waals surface area contributed by atoms with Gasteiger partial charge in [0.1, 0.15) is 5.76 Å². The molecule has 3 rings (SSSR count). The number of halogens is 4. The third-order valence-corrected chi connectivity index (χ3v) is 4.48. The van der Waals surface area contributed by atoms with Crippen molar-refractivity contribution >= 4 is 46.2 Å². The number of nitro groups is 1. The molecule has 0 radical (unpaired) electrons. The summed E-state index contributed by atoms with van der Waals surface area (Å²) in [6, 6.07) is 11.1. The van der Waals surface area contributed by atoms with Gasteiger partial charge in [-0.05, 0) is 48.6 Å². The molecule has 0 aliphatic heterocycles. The Morgan fingerprint density at radius 1 is 1.13 bits per heavy atom. The highest BCUT2D eigenvalue weighted by atomic mass is 35.5. The van der Waals surface area contributed by atoms with Gasteiger partial charge in [0.05, 0.1) is 26.8 Å². The lowest BCUT2D eigenvalue weighted by atomic mass is 10.1. The van der Waals surface area contributed by atoms with E-state index < -0.39 is 22.6 Å². The number of nitrogens with zero attached hydrogens (tertiary/aromatic N) is 1. The van der Waals surface area contributed by atoms with Crippen molar-refractivity contribution in [1.82, 2.24) is 5.32 Å². The topological polar surface area (TPSA) is 97.4 Å². The highest BCUT2D eigenvalue weighted by molar-refractivity contribution is 7.80. The van der Waals surface area contributed by atoms with Crippen LogP contribution in [0, 0.1) is 10.1 Å². The van der Waals surface area contributed by atoms with Crippen LogP contribution < -0.4 is 10.6 Å². The number of hydrogen-bond donors (Lipinski definition) is 2. The first-order valence-electron chi connectivity index (χ1n) is 8.39. The Morgan fingerprint density at radius 2 is 1.84 bits per heavy atom. The average Bonchev–Trinajstić information content (AvgIpc) is 3.19. The van der Waals surface area contributed by atoms with Crippen molar-refractivity contribution in [2.45, 2.75) is 6.18 Å². The number of alkyl halides is 3. The van der Waals surface area contributed by atoms with Crippen LogP contribution in [0.4, 0.5) is 24.5 Å². The van der Waals surface area contributed by atoms with Crippen LogP contribution in [0.3, 0.4) is 0 Å². The van der Waals surface area contributed by atoms with Crippen LogP contribution in [0.25, 0.3) is 11.3 Å². The fourth-order valence-electron chi connectivity index (χ4n) is 2.56. The van der Waals surface area contributed by atoms with Gasteiger partial charge in [-0.15, -0.1) is 0 Å². The fraction of sp³-hybridized carbons (Fsp3) is 0.0526. The average molecular weight is 470 g/mol. The van der Waals surface area contributed by atoms with Crippen molar-refractivity contribution in [2.75, 3.05) is 5.32 Å². The van der Waals surface area contributed by atoms with Crippen LogP contribution in [0.2, 0.25) is 5.02 Å². The largest absolute Gasteiger partial charge is 0.451 e. The van der Waals surface area contributed by atoms with E-state index in [2.05, 4.69) is 10.6 Å². The molecule has 2 aromatic carbocycles. The molecule has 0 bridgehead atoms. The van der Waals surface area contributed by atoms with Gasteiger partial charge < -0.3 is 9.73 Å². The molecular weight excluding hydrogens is 459 g/mol. The van der Waals surface area contributed by atoms with Gasteiger partial charge in [-0.3, -0.25) is 20.2 Å². The van der Waals surface area contributed by atoms with Gasteiger partial charge in [0.15, 0.2) is 10.9 Å². The maximum absolute atomic E-state index is 12.7. The summed E-state index contributed by atoms with van der Waals surface area (Å²) < 4.78 is 43.5. The number of thiocarbonyl (C=S) groups is 1. The molecule has 7 nitrogen and oxygen atoms in total. The monoisotopic (exact) mass is 469 g/mol. The van der Waals surface area contributed by atoms with Crippen molar-refractivity contribution in [3.63, 3.8) is 0 Å². The molecule has 0 saturated carbocycles. The molecule has 160 valence electrons. The van der Waals surface area contributed by atoms with E-state index in [4.69, 9.17) is 28.2 Å². The molecule has 31 heavy (non-hydrogen) atoms. The van der Waals surface area contributed by atoms with Gasteiger partial charge >= 0.3 is 6.18 Å². The summed E-state index contributed by atoms with van der Waals surface area (Å²) in [5.74, 6) is -0.858. The Labute approximate surface area is 183 Å². The first-order chi connectivity index (χ1) is 14.6. The molecule has 0 aliphatic carbocycles. The standard InChI is InChI=1S/C19H11ClF3N3O4S/c20-12-9-10(19(21,22)23)5-6-13(12)24-18(31)25-17(27)16-8-7-15(30-16)11-3-1-2-4-14(11)26(28)29/h1-9H,(H2,24,25,27,31). The van der Waals surface area contributed by atoms with E-state index in [0.29, 0.717) is 0 Å². The second kappa shape index (κ2) is 8.74. The lowest BCUT2D eigenvalue weighted by Crippen LogP contribution is -2.34. The van der Waals surface area contributed by atoms with E-state index in [1.165, 1.54) is 30.3 Å². The molecule has 1 aromatic heterocycles. The Bertz CT molecular complexity index is 1180. The van der Waals surface area contributed by atoms with Gasteiger partial charge in [-0.2, -0.15) is 13.2 Å². The van der Waals surface area contributed by atoms with Crippen LogP contribution in [0.5, 0.6) is 0 Å². The summed E-state index contributed by atoms with van der Waals surface area (Å²) in [6.45, 7) is 0. The zero-order valence-corrected chi connectivity index (χ0v) is 16.8. The molecule has 2 N–H and O–H groups in total. The predicted molar refractivity (Wildman–Crippen MR) is 111 cm³/mol. The number of anilines is 1. The van der Waals surface area contributed by atoms with E-state index in [9.17, 15) is 28.1 Å². The molecule has 0 unspecified atom stereocenters. The van der Waals surface area contributed by atoms with E-state index in [1.54, 1.807) is 6.07 Å². The molecule has 0 aliphatic rings. The highest BCUT2D eigenvalue weighted by Crippen LogP contribution is 2.34. The smallest absolute Gasteiger partial charge is 0.416 e. The molecule has 3 aromatic rings. The number of nitro benzene ring substituents is 1. The van der Waals surface area contributed by atoms with Crippen LogP contribution in [-0.2, 0) is 6.18 Å². The highest BCUT2D eigenvalue weighted by Gasteiger charge is 2.31. The van der Waals surface area contributed by atoms with Crippen LogP contribution in [0.15, 0.2) is 59.0 Å². The van der Waals surface area contributed by atoms with Crippen molar-refractivity contribution in [1.29, 1.82) is 0 Å². The van der Waals surface area contributed by atoms with E-state index >= 15 is 0 Å². The minimum absolute atomic E-state index is 0.0556. The molecule has 0 spiro atoms. The van der Waals surface area contributed by atoms with Gasteiger partial charge in [0.25, 0.3) is 11.6 Å². The van der Waals surface area contributed by atoms with Gasteiger partial charge in [-0.25, -0.2) is 0 Å². The third kappa shape index (κ3) is 5.19. The summed E-state index contributed by atoms with van der Waals surface area (Å²) in [6.07, 6.45) is -4.55. The summed E-state index contributed by atoms with van der Waals surface area (Å²) >= 11 is 10.8. The van der Waals surface area contributed by atoms with E-state index in [0.717, 1.165) is 18.2 Å². The number of nitrogens with one attached hydrogen (secondary N) is 2. The lowest BCUT2D eigenvalue weighted by molar-refractivity contribution is -0.384. The normalized spacial score (nSPS) is 11.1. The first kappa shape index (κ1) is 22.2.